The number of fused-ring (bicyclic) bond motifs is 1. The number of imidazole rings is 1. The van der Waals surface area contributed by atoms with Crippen molar-refractivity contribution in [2.24, 2.45) is 7.05 Å². The summed E-state index contributed by atoms with van der Waals surface area (Å²) in [5.74, 6) is -1.77. The van der Waals surface area contributed by atoms with Gasteiger partial charge in [-0.05, 0) is 37.6 Å². The molecule has 2 aromatic heterocycles. The first-order valence-corrected chi connectivity index (χ1v) is 8.71. The van der Waals surface area contributed by atoms with Crippen molar-refractivity contribution in [3.63, 3.8) is 0 Å². The summed E-state index contributed by atoms with van der Waals surface area (Å²) in [6.45, 7) is 4.12. The van der Waals surface area contributed by atoms with Crippen molar-refractivity contribution < 1.29 is 14.3 Å². The molecular weight excluding hydrogens is 367 g/mol. The lowest BCUT2D eigenvalue weighted by Crippen LogP contribution is -2.39. The van der Waals surface area contributed by atoms with Crippen molar-refractivity contribution in [2.75, 3.05) is 0 Å². The van der Waals surface area contributed by atoms with Crippen molar-refractivity contribution in [2.45, 2.75) is 26.9 Å². The highest BCUT2D eigenvalue weighted by atomic mass is 19.1. The molecule has 28 heavy (non-hydrogen) atoms. The van der Waals surface area contributed by atoms with Crippen molar-refractivity contribution in [3.8, 4) is 0 Å². The number of carboxylic acids is 1. The number of aromatic nitrogens is 4. The molecule has 0 aliphatic heterocycles. The molecular formula is C19H19FN4O4. The minimum Gasteiger partial charge on any atom is -0.478 e. The van der Waals surface area contributed by atoms with Crippen LogP contribution in [-0.4, -0.2) is 29.8 Å². The van der Waals surface area contributed by atoms with Crippen LogP contribution in [-0.2, 0) is 20.1 Å². The van der Waals surface area contributed by atoms with Gasteiger partial charge in [0.25, 0.3) is 5.56 Å². The Balaban J connectivity index is 2.17. The summed E-state index contributed by atoms with van der Waals surface area (Å²) in [5.41, 5.74) is -0.219. The summed E-state index contributed by atoms with van der Waals surface area (Å²) in [5, 5.41) is 9.03. The fourth-order valence-corrected chi connectivity index (χ4v) is 3.07. The van der Waals surface area contributed by atoms with Crippen molar-refractivity contribution in [3.05, 3.63) is 61.8 Å². The number of rotatable bonds is 5. The Morgan fingerprint density at radius 2 is 1.86 bits per heavy atom. The van der Waals surface area contributed by atoms with Gasteiger partial charge in [0.2, 0.25) is 0 Å². The zero-order chi connectivity index (χ0) is 20.6. The second-order valence-corrected chi connectivity index (χ2v) is 6.16. The number of benzene rings is 1. The number of hydrogen-bond acceptors (Lipinski definition) is 4. The Kier molecular flexibility index (Phi) is 5.00. The predicted octanol–water partition coefficient (Wildman–Crippen LogP) is 1.94. The van der Waals surface area contributed by atoms with Gasteiger partial charge in [0.15, 0.2) is 11.2 Å². The lowest BCUT2D eigenvalue weighted by Gasteiger charge is -2.08. The van der Waals surface area contributed by atoms with E-state index in [1.165, 1.54) is 16.7 Å². The maximum absolute atomic E-state index is 13.5. The largest absolute Gasteiger partial charge is 0.478 e. The number of carbonyl (C=O) groups is 1. The van der Waals surface area contributed by atoms with Crippen LogP contribution in [0.15, 0.2) is 27.8 Å². The first-order chi connectivity index (χ1) is 13.3. The topological polar surface area (TPSA) is 99.1 Å². The third-order valence-electron chi connectivity index (χ3n) is 4.55. The van der Waals surface area contributed by atoms with Gasteiger partial charge in [0.05, 0.1) is 5.56 Å². The first kappa shape index (κ1) is 19.3. The molecule has 8 nitrogen and oxygen atoms in total. The smallest absolute Gasteiger partial charge is 0.338 e. The highest BCUT2D eigenvalue weighted by Gasteiger charge is 2.17. The molecule has 3 aromatic rings. The van der Waals surface area contributed by atoms with E-state index in [4.69, 9.17) is 5.11 Å². The van der Waals surface area contributed by atoms with E-state index in [1.54, 1.807) is 37.6 Å². The van der Waals surface area contributed by atoms with Gasteiger partial charge in [-0.3, -0.25) is 13.9 Å². The van der Waals surface area contributed by atoms with E-state index in [-0.39, 0.29) is 12.2 Å². The summed E-state index contributed by atoms with van der Waals surface area (Å²) < 4.78 is 17.7. The van der Waals surface area contributed by atoms with Gasteiger partial charge < -0.3 is 9.67 Å². The molecule has 1 aromatic carbocycles. The monoisotopic (exact) mass is 386 g/mol. The van der Waals surface area contributed by atoms with Crippen molar-refractivity contribution in [1.29, 1.82) is 0 Å². The summed E-state index contributed by atoms with van der Waals surface area (Å²) in [7, 11) is 1.66. The molecule has 2 heterocycles. The predicted molar refractivity (Wildman–Crippen MR) is 103 cm³/mol. The third-order valence-corrected chi connectivity index (χ3v) is 4.55. The Morgan fingerprint density at radius 1 is 1.18 bits per heavy atom. The lowest BCUT2D eigenvalue weighted by atomic mass is 10.1. The highest BCUT2D eigenvalue weighted by molar-refractivity contribution is 5.89. The number of aryl methyl sites for hydroxylation is 2. The Morgan fingerprint density at radius 3 is 2.46 bits per heavy atom. The van der Waals surface area contributed by atoms with Crippen LogP contribution in [0.1, 0.15) is 35.6 Å². The van der Waals surface area contributed by atoms with Crippen LogP contribution < -0.4 is 11.2 Å². The SMILES string of the molecule is CCn1c(=O)c2c(nc(C=Cc3ccc(F)c(C(=O)O)c3)n2C)n(CC)c1=O. The Bertz CT molecular complexity index is 1230. The highest BCUT2D eigenvalue weighted by Crippen LogP contribution is 2.16. The quantitative estimate of drug-likeness (QED) is 0.723. The summed E-state index contributed by atoms with van der Waals surface area (Å²) >= 11 is 0. The fraction of sp³-hybridized carbons (Fsp3) is 0.263. The molecule has 0 saturated carbocycles. The first-order valence-electron chi connectivity index (χ1n) is 8.71. The van der Waals surface area contributed by atoms with Crippen LogP contribution in [0.3, 0.4) is 0 Å². The molecule has 0 atom stereocenters. The minimum atomic E-state index is -1.36. The van der Waals surface area contributed by atoms with Gasteiger partial charge in [-0.15, -0.1) is 0 Å². The van der Waals surface area contributed by atoms with E-state index < -0.39 is 28.6 Å². The van der Waals surface area contributed by atoms with Gasteiger partial charge in [-0.2, -0.15) is 0 Å². The van der Waals surface area contributed by atoms with Gasteiger partial charge in [-0.1, -0.05) is 12.1 Å². The zero-order valence-electron chi connectivity index (χ0n) is 15.6. The lowest BCUT2D eigenvalue weighted by molar-refractivity contribution is 0.0692. The Labute approximate surface area is 158 Å². The number of aromatic carboxylic acids is 1. The van der Waals surface area contributed by atoms with Gasteiger partial charge in [0.1, 0.15) is 11.6 Å². The zero-order valence-corrected chi connectivity index (χ0v) is 15.6. The van der Waals surface area contributed by atoms with Crippen LogP contribution in [0.25, 0.3) is 23.3 Å². The fourth-order valence-electron chi connectivity index (χ4n) is 3.07. The summed E-state index contributed by atoms with van der Waals surface area (Å²) in [6.07, 6.45) is 3.15. The number of hydrogen-bond donors (Lipinski definition) is 1. The molecule has 0 unspecified atom stereocenters. The molecule has 0 saturated heterocycles. The molecule has 0 amide bonds. The number of nitrogens with zero attached hydrogens (tertiary/aromatic N) is 4. The Hall–Kier alpha value is -3.49. The van der Waals surface area contributed by atoms with E-state index in [0.29, 0.717) is 23.4 Å². The summed E-state index contributed by atoms with van der Waals surface area (Å²) in [4.78, 5) is 40.6. The third kappa shape index (κ3) is 3.04. The number of halogens is 1. The standard InChI is InChI=1S/C19H19FN4O4/c1-4-23-16-15(17(25)24(5-2)19(23)28)22(3)14(21-16)9-7-11-6-8-13(20)12(10-11)18(26)27/h6-10H,4-5H2,1-3H3,(H,26,27). The van der Waals surface area contributed by atoms with E-state index >= 15 is 0 Å². The van der Waals surface area contributed by atoms with Crippen LogP contribution in [0.2, 0.25) is 0 Å². The molecule has 0 spiro atoms. The average Bonchev–Trinajstić information content (AvgIpc) is 2.98. The van der Waals surface area contributed by atoms with Crippen molar-refractivity contribution >= 4 is 29.3 Å². The molecule has 9 heteroatoms. The molecule has 0 fully saturated rings. The molecule has 0 aliphatic rings. The second kappa shape index (κ2) is 7.26. The average molecular weight is 386 g/mol. The van der Waals surface area contributed by atoms with Gasteiger partial charge >= 0.3 is 11.7 Å². The van der Waals surface area contributed by atoms with E-state index in [9.17, 15) is 18.8 Å². The summed E-state index contributed by atoms with van der Waals surface area (Å²) in [6, 6.07) is 3.72. The second-order valence-electron chi connectivity index (χ2n) is 6.16. The normalized spacial score (nSPS) is 11.6. The molecule has 146 valence electrons. The maximum Gasteiger partial charge on any atom is 0.338 e. The van der Waals surface area contributed by atoms with Crippen LogP contribution in [0, 0.1) is 5.82 Å². The number of carboxylic acid groups (broad SMARTS) is 1. The molecule has 0 radical (unpaired) electrons. The van der Waals surface area contributed by atoms with Crippen molar-refractivity contribution in [1.82, 2.24) is 18.7 Å². The van der Waals surface area contributed by atoms with Crippen LogP contribution >= 0.6 is 0 Å². The van der Waals surface area contributed by atoms with Gasteiger partial charge in [0, 0.05) is 20.1 Å². The van der Waals surface area contributed by atoms with E-state index in [1.807, 2.05) is 0 Å². The molecule has 1 N–H and O–H groups in total. The molecule has 0 aliphatic carbocycles. The van der Waals surface area contributed by atoms with Crippen LogP contribution in [0.5, 0.6) is 0 Å². The van der Waals surface area contributed by atoms with Crippen LogP contribution in [0.4, 0.5) is 4.39 Å². The molecule has 3 rings (SSSR count). The minimum absolute atomic E-state index is 0.248. The van der Waals surface area contributed by atoms with E-state index in [2.05, 4.69) is 4.98 Å². The van der Waals surface area contributed by atoms with E-state index in [0.717, 1.165) is 10.6 Å². The maximum atomic E-state index is 13.5. The van der Waals surface area contributed by atoms with Gasteiger partial charge in [-0.25, -0.2) is 19.0 Å². The molecule has 0 bridgehead atoms.